The molecule has 7 heteroatoms. The second kappa shape index (κ2) is 9.45. The van der Waals surface area contributed by atoms with Crippen LogP contribution < -0.4 is 0 Å². The molecule has 1 atom stereocenters. The highest BCUT2D eigenvalue weighted by atomic mass is 32.1. The van der Waals surface area contributed by atoms with Gasteiger partial charge in [-0.1, -0.05) is 32.0 Å². The maximum Gasteiger partial charge on any atom is 0.264 e. The largest absolute Gasteiger partial charge is 0.378 e. The van der Waals surface area contributed by atoms with Gasteiger partial charge in [-0.2, -0.15) is 0 Å². The molecule has 2 aromatic rings. The fourth-order valence-electron chi connectivity index (χ4n) is 4.50. The topological polar surface area (TPSA) is 53.1 Å². The standard InChI is InChI=1S/C23H31N3O3S/c1-3-24(4-2)16-20(27)26-10-9-17(15-26)21-18-7-5-6-8-19(18)30-22(21)23(28)25-11-13-29-14-12-25/h5-8,17H,3-4,9-16H2,1-2H3/t17-/m1/s1. The van der Waals surface area contributed by atoms with Crippen molar-refractivity contribution in [1.29, 1.82) is 0 Å². The van der Waals surface area contributed by atoms with Gasteiger partial charge in [-0.3, -0.25) is 14.5 Å². The van der Waals surface area contributed by atoms with E-state index in [1.165, 1.54) is 5.39 Å². The van der Waals surface area contributed by atoms with Gasteiger partial charge < -0.3 is 14.5 Å². The zero-order valence-electron chi connectivity index (χ0n) is 17.9. The summed E-state index contributed by atoms with van der Waals surface area (Å²) in [7, 11) is 0. The van der Waals surface area contributed by atoms with Crippen molar-refractivity contribution in [3.05, 3.63) is 34.7 Å². The number of fused-ring (bicyclic) bond motifs is 1. The highest BCUT2D eigenvalue weighted by Gasteiger charge is 2.34. The van der Waals surface area contributed by atoms with Crippen molar-refractivity contribution in [2.24, 2.45) is 0 Å². The molecule has 2 aliphatic heterocycles. The van der Waals surface area contributed by atoms with Crippen molar-refractivity contribution in [3.63, 3.8) is 0 Å². The molecule has 162 valence electrons. The van der Waals surface area contributed by atoms with Gasteiger partial charge >= 0.3 is 0 Å². The lowest BCUT2D eigenvalue weighted by atomic mass is 9.94. The van der Waals surface area contributed by atoms with E-state index >= 15 is 0 Å². The molecule has 0 bridgehead atoms. The molecule has 1 aromatic heterocycles. The van der Waals surface area contributed by atoms with Crippen LogP contribution in [-0.4, -0.2) is 85.5 Å². The van der Waals surface area contributed by atoms with Gasteiger partial charge in [-0.25, -0.2) is 0 Å². The molecule has 2 saturated heterocycles. The average Bonchev–Trinajstić information content (AvgIpc) is 3.42. The van der Waals surface area contributed by atoms with Crippen LogP contribution in [0.4, 0.5) is 0 Å². The molecule has 30 heavy (non-hydrogen) atoms. The first-order valence-corrected chi connectivity index (χ1v) is 11.8. The minimum Gasteiger partial charge on any atom is -0.378 e. The lowest BCUT2D eigenvalue weighted by Gasteiger charge is -2.27. The second-order valence-corrected chi connectivity index (χ2v) is 9.08. The van der Waals surface area contributed by atoms with Crippen molar-refractivity contribution in [3.8, 4) is 0 Å². The van der Waals surface area contributed by atoms with Gasteiger partial charge in [-0.05, 0) is 36.5 Å². The second-order valence-electron chi connectivity index (χ2n) is 8.03. The van der Waals surface area contributed by atoms with Crippen LogP contribution in [0.25, 0.3) is 10.1 Å². The Bertz CT molecular complexity index is 902. The van der Waals surface area contributed by atoms with E-state index in [4.69, 9.17) is 4.74 Å². The first kappa shape index (κ1) is 21.3. The number of likely N-dealkylation sites (tertiary alicyclic amines) is 1. The SMILES string of the molecule is CCN(CC)CC(=O)N1CC[C@@H](c2c(C(=O)N3CCOCC3)sc3ccccc23)C1. The van der Waals surface area contributed by atoms with Crippen LogP contribution >= 0.6 is 11.3 Å². The zero-order chi connectivity index (χ0) is 21.1. The molecular weight excluding hydrogens is 398 g/mol. The Hall–Kier alpha value is -1.96. The third-order valence-electron chi connectivity index (χ3n) is 6.33. The summed E-state index contributed by atoms with van der Waals surface area (Å²) in [4.78, 5) is 33.1. The molecule has 0 unspecified atom stereocenters. The van der Waals surface area contributed by atoms with Crippen LogP contribution in [0.2, 0.25) is 0 Å². The first-order valence-electron chi connectivity index (χ1n) is 11.0. The molecule has 0 N–H and O–H groups in total. The van der Waals surface area contributed by atoms with E-state index < -0.39 is 0 Å². The van der Waals surface area contributed by atoms with Gasteiger partial charge in [0.15, 0.2) is 0 Å². The lowest BCUT2D eigenvalue weighted by Crippen LogP contribution is -2.41. The maximum atomic E-state index is 13.4. The Morgan fingerprint density at radius 3 is 2.57 bits per heavy atom. The van der Waals surface area contributed by atoms with Crippen LogP contribution in [-0.2, 0) is 9.53 Å². The van der Waals surface area contributed by atoms with Gasteiger partial charge in [0.05, 0.1) is 24.6 Å². The Morgan fingerprint density at radius 1 is 1.10 bits per heavy atom. The zero-order valence-corrected chi connectivity index (χ0v) is 18.7. The summed E-state index contributed by atoms with van der Waals surface area (Å²) in [5.41, 5.74) is 1.14. The fourth-order valence-corrected chi connectivity index (χ4v) is 5.76. The van der Waals surface area contributed by atoms with Gasteiger partial charge in [0, 0.05) is 36.8 Å². The van der Waals surface area contributed by atoms with Gasteiger partial charge in [0.25, 0.3) is 5.91 Å². The third kappa shape index (κ3) is 4.24. The van der Waals surface area contributed by atoms with Crippen LogP contribution in [0.5, 0.6) is 0 Å². The minimum atomic E-state index is 0.113. The molecule has 0 aliphatic carbocycles. The van der Waals surface area contributed by atoms with Gasteiger partial charge in [0.1, 0.15) is 0 Å². The number of likely N-dealkylation sites (N-methyl/N-ethyl adjacent to an activating group) is 1. The van der Waals surface area contributed by atoms with E-state index in [9.17, 15) is 9.59 Å². The number of hydrogen-bond donors (Lipinski definition) is 0. The monoisotopic (exact) mass is 429 g/mol. The molecule has 1 aromatic carbocycles. The molecule has 4 rings (SSSR count). The lowest BCUT2D eigenvalue weighted by molar-refractivity contribution is -0.131. The maximum absolute atomic E-state index is 13.4. The van der Waals surface area contributed by atoms with Crippen LogP contribution in [0.15, 0.2) is 24.3 Å². The van der Waals surface area contributed by atoms with E-state index in [1.54, 1.807) is 11.3 Å². The highest BCUT2D eigenvalue weighted by molar-refractivity contribution is 7.21. The van der Waals surface area contributed by atoms with Crippen molar-refractivity contribution in [2.75, 3.05) is 59.0 Å². The van der Waals surface area contributed by atoms with E-state index in [-0.39, 0.29) is 17.7 Å². The molecule has 2 aliphatic rings. The predicted octanol–water partition coefficient (Wildman–Crippen LogP) is 3.03. The number of thiophene rings is 1. The molecule has 2 fully saturated rings. The van der Waals surface area contributed by atoms with E-state index in [2.05, 4.69) is 30.9 Å². The average molecular weight is 430 g/mol. The molecule has 0 spiro atoms. The number of carbonyl (C=O) groups is 2. The Morgan fingerprint density at radius 2 is 1.83 bits per heavy atom. The molecule has 3 heterocycles. The number of morpholine rings is 1. The Balaban J connectivity index is 1.59. The third-order valence-corrected chi connectivity index (χ3v) is 7.50. The summed E-state index contributed by atoms with van der Waals surface area (Å²) in [5.74, 6) is 0.519. The fraction of sp³-hybridized carbons (Fsp3) is 0.565. The molecule has 0 saturated carbocycles. The smallest absolute Gasteiger partial charge is 0.264 e. The number of carbonyl (C=O) groups excluding carboxylic acids is 2. The summed E-state index contributed by atoms with van der Waals surface area (Å²) in [6.45, 7) is 10.4. The van der Waals surface area contributed by atoms with Crippen molar-refractivity contribution < 1.29 is 14.3 Å². The quantitative estimate of drug-likeness (QED) is 0.708. The van der Waals surface area contributed by atoms with Crippen LogP contribution in [0, 0.1) is 0 Å². The minimum absolute atomic E-state index is 0.113. The van der Waals surface area contributed by atoms with Crippen molar-refractivity contribution >= 4 is 33.2 Å². The van der Waals surface area contributed by atoms with Crippen LogP contribution in [0.3, 0.4) is 0 Å². The van der Waals surface area contributed by atoms with E-state index in [1.807, 2.05) is 21.9 Å². The summed E-state index contributed by atoms with van der Waals surface area (Å²) in [6, 6.07) is 8.29. The number of rotatable bonds is 6. The number of amides is 2. The van der Waals surface area contributed by atoms with Gasteiger partial charge in [0.2, 0.25) is 5.91 Å². The van der Waals surface area contributed by atoms with Crippen molar-refractivity contribution in [2.45, 2.75) is 26.2 Å². The number of nitrogens with zero attached hydrogens (tertiary/aromatic N) is 3. The molecule has 2 amide bonds. The molecular formula is C23H31N3O3S. The molecule has 6 nitrogen and oxygen atoms in total. The summed E-state index contributed by atoms with van der Waals surface area (Å²) < 4.78 is 6.58. The van der Waals surface area contributed by atoms with Crippen molar-refractivity contribution in [1.82, 2.24) is 14.7 Å². The predicted molar refractivity (Wildman–Crippen MR) is 120 cm³/mol. The first-order chi connectivity index (χ1) is 14.6. The summed E-state index contributed by atoms with van der Waals surface area (Å²) >= 11 is 1.60. The number of hydrogen-bond acceptors (Lipinski definition) is 5. The number of ether oxygens (including phenoxy) is 1. The van der Waals surface area contributed by atoms with Crippen LogP contribution in [0.1, 0.15) is 41.4 Å². The molecule has 0 radical (unpaired) electrons. The van der Waals surface area contributed by atoms with Gasteiger partial charge in [-0.15, -0.1) is 11.3 Å². The highest BCUT2D eigenvalue weighted by Crippen LogP contribution is 2.40. The van der Waals surface area contributed by atoms with E-state index in [0.29, 0.717) is 39.4 Å². The Labute approximate surface area is 182 Å². The number of benzene rings is 1. The summed E-state index contributed by atoms with van der Waals surface area (Å²) in [5, 5.41) is 1.17. The normalized spacial score (nSPS) is 19.8. The Kier molecular flexibility index (Phi) is 6.71. The van der Waals surface area contributed by atoms with E-state index in [0.717, 1.165) is 41.2 Å². The summed E-state index contributed by atoms with van der Waals surface area (Å²) in [6.07, 6.45) is 0.911.